The molecule has 3 heteroatoms. The molecule has 0 aliphatic carbocycles. The fraction of sp³-hybridized carbons (Fsp3) is 0.100. The van der Waals surface area contributed by atoms with Crippen molar-refractivity contribution >= 4 is 66.2 Å². The van der Waals surface area contributed by atoms with Gasteiger partial charge in [0.1, 0.15) is 0 Å². The maximum absolute atomic E-state index is 2.44. The van der Waals surface area contributed by atoms with Crippen molar-refractivity contribution in [2.75, 3.05) is 0 Å². The Kier molecular flexibility index (Phi) is 9.31. The smallest absolute Gasteiger partial charge is 0.00706 e. The highest BCUT2D eigenvalue weighted by atomic mass is 31.1. The lowest BCUT2D eigenvalue weighted by Gasteiger charge is -2.37. The molecule has 0 aliphatic rings. The normalized spacial score (nSPS) is 11.8. The summed E-state index contributed by atoms with van der Waals surface area (Å²) in [6, 6.07) is 63.1. The van der Waals surface area contributed by atoms with Crippen LogP contribution in [0.4, 0.5) is 0 Å². The highest BCUT2D eigenvalue weighted by molar-refractivity contribution is 7.85. The van der Waals surface area contributed by atoms with E-state index in [0.29, 0.717) is 0 Å². The van der Waals surface area contributed by atoms with Gasteiger partial charge in [-0.1, -0.05) is 191 Å². The van der Waals surface area contributed by atoms with Gasteiger partial charge in [-0.25, -0.2) is 0 Å². The summed E-state index contributed by atoms with van der Waals surface area (Å²) in [6.07, 6.45) is 0. The average Bonchev–Trinajstić information content (AvgIpc) is 3.04. The maximum atomic E-state index is 2.44. The topological polar surface area (TPSA) is 0 Å². The Bertz CT molecular complexity index is 1540. The minimum absolute atomic E-state index is 0.0459. The van der Waals surface area contributed by atoms with E-state index in [9.17, 15) is 0 Å². The standard InChI is InChI=1S/C40H37P3/c1-40(2,3)43(38-30-18-16-28-36(38)41(32-20-8-4-9-21-32)33-22-10-5-11-23-33)39-31-19-17-29-37(39)42(34-24-12-6-13-25-34)35-26-14-7-15-27-35/h4-31H,1-3H3. The predicted octanol–water partition coefficient (Wildman–Crippen LogP) is 7.43. The van der Waals surface area contributed by atoms with Crippen LogP contribution in [0, 0.1) is 0 Å². The Morgan fingerprint density at radius 1 is 0.302 bits per heavy atom. The minimum Gasteiger partial charge on any atom is -0.0622 e. The minimum atomic E-state index is -0.728. The Labute approximate surface area is 261 Å². The van der Waals surface area contributed by atoms with Gasteiger partial charge in [0.15, 0.2) is 0 Å². The van der Waals surface area contributed by atoms with Crippen LogP contribution >= 0.6 is 23.8 Å². The average molecular weight is 611 g/mol. The first kappa shape index (κ1) is 29.7. The lowest BCUT2D eigenvalue weighted by atomic mass is 10.3. The van der Waals surface area contributed by atoms with Crippen molar-refractivity contribution in [2.24, 2.45) is 0 Å². The summed E-state index contributed by atoms with van der Waals surface area (Å²) >= 11 is 0. The fourth-order valence-corrected chi connectivity index (χ4v) is 14.4. The molecule has 0 fully saturated rings. The molecule has 0 amide bonds. The zero-order valence-electron chi connectivity index (χ0n) is 25.0. The molecule has 0 saturated carbocycles. The molecule has 0 N–H and O–H groups in total. The number of rotatable bonds is 8. The molecule has 0 atom stereocenters. The Hall–Kier alpha value is -3.39. The largest absolute Gasteiger partial charge is 0.0622 e. The first-order chi connectivity index (χ1) is 21.0. The third kappa shape index (κ3) is 6.59. The van der Waals surface area contributed by atoms with Crippen molar-refractivity contribution in [3.63, 3.8) is 0 Å². The molecule has 0 bridgehead atoms. The van der Waals surface area contributed by atoms with Crippen LogP contribution in [0.15, 0.2) is 170 Å². The predicted molar refractivity (Wildman–Crippen MR) is 196 cm³/mol. The van der Waals surface area contributed by atoms with E-state index in [2.05, 4.69) is 191 Å². The van der Waals surface area contributed by atoms with E-state index in [1.54, 1.807) is 0 Å². The Balaban J connectivity index is 1.59. The van der Waals surface area contributed by atoms with Crippen LogP contribution in [0.5, 0.6) is 0 Å². The van der Waals surface area contributed by atoms with Crippen molar-refractivity contribution in [1.82, 2.24) is 0 Å². The third-order valence-corrected chi connectivity index (χ3v) is 15.9. The van der Waals surface area contributed by atoms with Crippen molar-refractivity contribution in [3.8, 4) is 0 Å². The summed E-state index contributed by atoms with van der Waals surface area (Å²) in [5, 5.41) is 11.5. The highest BCUT2D eigenvalue weighted by Crippen LogP contribution is 2.50. The summed E-state index contributed by atoms with van der Waals surface area (Å²) in [6.45, 7) is 7.31. The quantitative estimate of drug-likeness (QED) is 0.157. The van der Waals surface area contributed by atoms with Gasteiger partial charge in [-0.05, 0) is 71.4 Å². The van der Waals surface area contributed by atoms with Crippen LogP contribution in [0.25, 0.3) is 0 Å². The number of benzene rings is 6. The lowest BCUT2D eigenvalue weighted by Crippen LogP contribution is -2.41. The van der Waals surface area contributed by atoms with E-state index in [-0.39, 0.29) is 5.16 Å². The second-order valence-electron chi connectivity index (χ2n) is 11.5. The Morgan fingerprint density at radius 2 is 0.535 bits per heavy atom. The molecule has 0 radical (unpaired) electrons. The highest BCUT2D eigenvalue weighted by Gasteiger charge is 2.34. The number of hydrogen-bond donors (Lipinski definition) is 0. The molecule has 0 spiro atoms. The molecular formula is C40H37P3. The van der Waals surface area contributed by atoms with Crippen LogP contribution in [-0.4, -0.2) is 5.16 Å². The summed E-state index contributed by atoms with van der Waals surface area (Å²) in [4.78, 5) is 0. The summed E-state index contributed by atoms with van der Waals surface area (Å²) in [7, 11) is -2.18. The van der Waals surface area contributed by atoms with Crippen LogP contribution in [-0.2, 0) is 0 Å². The van der Waals surface area contributed by atoms with Crippen LogP contribution < -0.4 is 42.4 Å². The summed E-state index contributed by atoms with van der Waals surface area (Å²) in [5.74, 6) is 0. The van der Waals surface area contributed by atoms with E-state index in [0.717, 1.165) is 0 Å². The third-order valence-electron chi connectivity index (χ3n) is 7.46. The molecule has 0 aliphatic heterocycles. The van der Waals surface area contributed by atoms with Crippen molar-refractivity contribution < 1.29 is 0 Å². The fourth-order valence-electron chi connectivity index (χ4n) is 5.70. The molecule has 0 aromatic heterocycles. The zero-order chi connectivity index (χ0) is 29.6. The monoisotopic (exact) mass is 610 g/mol. The molecule has 6 rings (SSSR count). The summed E-state index contributed by atoms with van der Waals surface area (Å²) < 4.78 is 0. The lowest BCUT2D eigenvalue weighted by molar-refractivity contribution is 0.793. The van der Waals surface area contributed by atoms with Gasteiger partial charge in [0.05, 0.1) is 0 Å². The molecule has 43 heavy (non-hydrogen) atoms. The molecule has 0 saturated heterocycles. The van der Waals surface area contributed by atoms with Gasteiger partial charge in [-0.2, -0.15) is 0 Å². The van der Waals surface area contributed by atoms with Gasteiger partial charge in [-0.15, -0.1) is 0 Å². The molecule has 6 aromatic rings. The van der Waals surface area contributed by atoms with Crippen molar-refractivity contribution in [1.29, 1.82) is 0 Å². The van der Waals surface area contributed by atoms with E-state index >= 15 is 0 Å². The number of hydrogen-bond acceptors (Lipinski definition) is 0. The zero-order valence-corrected chi connectivity index (χ0v) is 27.7. The van der Waals surface area contributed by atoms with Gasteiger partial charge in [0.25, 0.3) is 0 Å². The molecule has 0 unspecified atom stereocenters. The molecule has 0 heterocycles. The molecular weight excluding hydrogens is 573 g/mol. The van der Waals surface area contributed by atoms with Crippen molar-refractivity contribution in [2.45, 2.75) is 25.9 Å². The van der Waals surface area contributed by atoms with E-state index < -0.39 is 23.8 Å². The van der Waals surface area contributed by atoms with E-state index in [1.807, 2.05) is 0 Å². The molecule has 212 valence electrons. The van der Waals surface area contributed by atoms with Crippen LogP contribution in [0.2, 0.25) is 0 Å². The van der Waals surface area contributed by atoms with Gasteiger partial charge < -0.3 is 0 Å². The van der Waals surface area contributed by atoms with Crippen LogP contribution in [0.1, 0.15) is 20.8 Å². The first-order valence-electron chi connectivity index (χ1n) is 14.8. The second-order valence-corrected chi connectivity index (χ2v) is 18.8. The maximum Gasteiger partial charge on any atom is -0.00706 e. The SMILES string of the molecule is CC(C)(C)P(c1ccccc1P(c1ccccc1)c1ccccc1)c1ccccc1P(c1ccccc1)c1ccccc1. The van der Waals surface area contributed by atoms with Gasteiger partial charge in [0, 0.05) is 0 Å². The van der Waals surface area contributed by atoms with Gasteiger partial charge in [0.2, 0.25) is 0 Å². The van der Waals surface area contributed by atoms with Crippen LogP contribution in [0.3, 0.4) is 0 Å². The van der Waals surface area contributed by atoms with E-state index in [4.69, 9.17) is 0 Å². The summed E-state index contributed by atoms with van der Waals surface area (Å²) in [5.41, 5.74) is 0. The van der Waals surface area contributed by atoms with E-state index in [1.165, 1.54) is 42.4 Å². The van der Waals surface area contributed by atoms with Gasteiger partial charge in [-0.3, -0.25) is 0 Å². The van der Waals surface area contributed by atoms with Gasteiger partial charge >= 0.3 is 0 Å². The Morgan fingerprint density at radius 3 is 0.791 bits per heavy atom. The first-order valence-corrected chi connectivity index (χ1v) is 18.8. The molecule has 0 nitrogen and oxygen atoms in total. The second kappa shape index (κ2) is 13.5. The van der Waals surface area contributed by atoms with Crippen molar-refractivity contribution in [3.05, 3.63) is 170 Å². The molecule has 6 aromatic carbocycles.